The van der Waals surface area contributed by atoms with Crippen molar-refractivity contribution < 1.29 is 4.74 Å². The van der Waals surface area contributed by atoms with Crippen LogP contribution in [0.25, 0.3) is 0 Å². The van der Waals surface area contributed by atoms with Crippen LogP contribution in [0.15, 0.2) is 42.5 Å². The van der Waals surface area contributed by atoms with Gasteiger partial charge in [0, 0.05) is 24.8 Å². The second-order valence-corrected chi connectivity index (χ2v) is 5.51. The molecule has 0 unspecified atom stereocenters. The van der Waals surface area contributed by atoms with E-state index in [9.17, 15) is 0 Å². The number of anilines is 1. The molecule has 0 heterocycles. The average Bonchev–Trinajstić information content (AvgIpc) is 2.47. The van der Waals surface area contributed by atoms with E-state index in [4.69, 9.17) is 22.7 Å². The van der Waals surface area contributed by atoms with Gasteiger partial charge in [-0.05, 0) is 48.4 Å². The lowest BCUT2D eigenvalue weighted by molar-refractivity contribution is 0.414. The predicted molar refractivity (Wildman–Crippen MR) is 92.2 cm³/mol. The molecule has 0 radical (unpaired) electrons. The summed E-state index contributed by atoms with van der Waals surface area (Å²) < 4.78 is 5.17. The zero-order valence-corrected chi connectivity index (χ0v) is 13.4. The van der Waals surface area contributed by atoms with Crippen molar-refractivity contribution in [3.8, 4) is 5.75 Å². The van der Waals surface area contributed by atoms with Gasteiger partial charge in [-0.2, -0.15) is 0 Å². The maximum Gasteiger partial charge on any atom is 0.118 e. The van der Waals surface area contributed by atoms with E-state index in [2.05, 4.69) is 30.1 Å². The lowest BCUT2D eigenvalue weighted by atomic mass is 10.1. The van der Waals surface area contributed by atoms with E-state index in [-0.39, 0.29) is 0 Å². The van der Waals surface area contributed by atoms with Gasteiger partial charge in [-0.1, -0.05) is 24.4 Å². The minimum Gasteiger partial charge on any atom is -0.497 e. The van der Waals surface area contributed by atoms with Crippen LogP contribution in [-0.2, 0) is 6.54 Å². The Morgan fingerprint density at radius 3 is 2.38 bits per heavy atom. The van der Waals surface area contributed by atoms with Crippen molar-refractivity contribution in [1.29, 1.82) is 0 Å². The summed E-state index contributed by atoms with van der Waals surface area (Å²) in [5.74, 6) is 0.873. The van der Waals surface area contributed by atoms with Crippen LogP contribution in [0.2, 0.25) is 0 Å². The fourth-order valence-corrected chi connectivity index (χ4v) is 2.49. The molecule has 0 spiro atoms. The first-order valence-electron chi connectivity index (χ1n) is 6.76. The average molecular weight is 300 g/mol. The highest BCUT2D eigenvalue weighted by Crippen LogP contribution is 2.21. The number of nitrogens with zero attached hydrogens (tertiary/aromatic N) is 1. The smallest absolute Gasteiger partial charge is 0.118 e. The van der Waals surface area contributed by atoms with E-state index in [1.165, 1.54) is 5.56 Å². The maximum absolute atomic E-state index is 5.70. The zero-order chi connectivity index (χ0) is 15.4. The molecule has 21 heavy (non-hydrogen) atoms. The van der Waals surface area contributed by atoms with Crippen molar-refractivity contribution in [2.24, 2.45) is 5.73 Å². The van der Waals surface area contributed by atoms with E-state index in [1.54, 1.807) is 7.11 Å². The Morgan fingerprint density at radius 2 is 1.86 bits per heavy atom. The summed E-state index contributed by atoms with van der Waals surface area (Å²) in [7, 11) is 3.74. The van der Waals surface area contributed by atoms with Gasteiger partial charge in [-0.15, -0.1) is 0 Å². The Morgan fingerprint density at radius 1 is 1.19 bits per heavy atom. The number of nitrogens with two attached hydrogens (primary N) is 1. The van der Waals surface area contributed by atoms with Gasteiger partial charge in [0.2, 0.25) is 0 Å². The summed E-state index contributed by atoms with van der Waals surface area (Å²) in [6.07, 6.45) is 0. The molecule has 2 aromatic rings. The normalized spacial score (nSPS) is 10.2. The third kappa shape index (κ3) is 3.73. The molecule has 0 aromatic heterocycles. The highest BCUT2D eigenvalue weighted by molar-refractivity contribution is 7.80. The van der Waals surface area contributed by atoms with Crippen LogP contribution in [0.4, 0.5) is 5.69 Å². The lowest BCUT2D eigenvalue weighted by Crippen LogP contribution is -2.17. The molecular formula is C17H20N2OS. The molecule has 2 aromatic carbocycles. The second-order valence-electron chi connectivity index (χ2n) is 5.07. The van der Waals surface area contributed by atoms with E-state index in [0.29, 0.717) is 4.99 Å². The molecule has 3 nitrogen and oxygen atoms in total. The summed E-state index contributed by atoms with van der Waals surface area (Å²) in [5, 5.41) is 0. The first kappa shape index (κ1) is 15.3. The lowest BCUT2D eigenvalue weighted by Gasteiger charge is -2.21. The van der Waals surface area contributed by atoms with Gasteiger partial charge in [0.25, 0.3) is 0 Å². The molecule has 4 heteroatoms. The molecule has 0 saturated carbocycles. The Balaban J connectivity index is 2.14. The van der Waals surface area contributed by atoms with E-state index < -0.39 is 0 Å². The van der Waals surface area contributed by atoms with Crippen LogP contribution < -0.4 is 15.4 Å². The van der Waals surface area contributed by atoms with Crippen molar-refractivity contribution >= 4 is 22.9 Å². The van der Waals surface area contributed by atoms with Gasteiger partial charge < -0.3 is 15.4 Å². The number of aryl methyl sites for hydroxylation is 1. The number of ether oxygens (including phenoxy) is 1. The molecule has 0 aliphatic heterocycles. The predicted octanol–water partition coefficient (Wildman–Crippen LogP) is 3.27. The number of hydrogen-bond donors (Lipinski definition) is 1. The molecule has 0 saturated heterocycles. The van der Waals surface area contributed by atoms with Crippen molar-refractivity contribution in [2.45, 2.75) is 13.5 Å². The van der Waals surface area contributed by atoms with Gasteiger partial charge >= 0.3 is 0 Å². The third-order valence-corrected chi connectivity index (χ3v) is 3.71. The molecule has 0 aliphatic rings. The highest BCUT2D eigenvalue weighted by atomic mass is 32.1. The summed E-state index contributed by atoms with van der Waals surface area (Å²) in [5.41, 5.74) is 10.1. The second kappa shape index (κ2) is 6.59. The molecule has 0 atom stereocenters. The molecule has 2 N–H and O–H groups in total. The third-order valence-electron chi connectivity index (χ3n) is 3.50. The number of rotatable bonds is 5. The topological polar surface area (TPSA) is 38.5 Å². The SMILES string of the molecule is COc1ccc(CN(C)c2ccc(C(N)=S)c(C)c2)cc1. The van der Waals surface area contributed by atoms with Gasteiger partial charge in [-0.3, -0.25) is 0 Å². The molecular weight excluding hydrogens is 280 g/mol. The molecule has 0 fully saturated rings. The van der Waals surface area contributed by atoms with Crippen LogP contribution in [0.5, 0.6) is 5.75 Å². The van der Waals surface area contributed by atoms with E-state index in [1.807, 2.05) is 31.2 Å². The largest absolute Gasteiger partial charge is 0.497 e. The van der Waals surface area contributed by atoms with Gasteiger partial charge in [-0.25, -0.2) is 0 Å². The molecule has 0 aliphatic carbocycles. The van der Waals surface area contributed by atoms with Gasteiger partial charge in [0.05, 0.1) is 7.11 Å². The Kier molecular flexibility index (Phi) is 4.81. The fourth-order valence-electron chi connectivity index (χ4n) is 2.26. The van der Waals surface area contributed by atoms with Crippen LogP contribution >= 0.6 is 12.2 Å². The van der Waals surface area contributed by atoms with Crippen molar-refractivity contribution in [2.75, 3.05) is 19.1 Å². The monoisotopic (exact) mass is 300 g/mol. The van der Waals surface area contributed by atoms with Crippen LogP contribution in [-0.4, -0.2) is 19.1 Å². The van der Waals surface area contributed by atoms with Gasteiger partial charge in [0.15, 0.2) is 0 Å². The fraction of sp³-hybridized carbons (Fsp3) is 0.235. The van der Waals surface area contributed by atoms with Crippen LogP contribution in [0.3, 0.4) is 0 Å². The minimum atomic E-state index is 0.442. The minimum absolute atomic E-state index is 0.442. The summed E-state index contributed by atoms with van der Waals surface area (Å²) in [6, 6.07) is 14.2. The Hall–Kier alpha value is -2.07. The summed E-state index contributed by atoms with van der Waals surface area (Å²) in [6.45, 7) is 2.86. The first-order valence-corrected chi connectivity index (χ1v) is 7.16. The Labute approximate surface area is 131 Å². The molecule has 2 rings (SSSR count). The Bertz CT molecular complexity index is 638. The van der Waals surface area contributed by atoms with Crippen LogP contribution in [0, 0.1) is 6.92 Å². The number of thiocarbonyl (C=S) groups is 1. The van der Waals surface area contributed by atoms with Crippen molar-refractivity contribution in [3.05, 3.63) is 59.2 Å². The quantitative estimate of drug-likeness (QED) is 0.860. The standard InChI is InChI=1S/C17H20N2OS/c1-12-10-14(6-9-16(12)17(18)21)19(2)11-13-4-7-15(20-3)8-5-13/h4-10H,11H2,1-3H3,(H2,18,21). The van der Waals surface area contributed by atoms with E-state index >= 15 is 0 Å². The number of methoxy groups -OCH3 is 1. The number of benzene rings is 2. The summed E-state index contributed by atoms with van der Waals surface area (Å²) >= 11 is 5.04. The molecule has 110 valence electrons. The van der Waals surface area contributed by atoms with E-state index in [0.717, 1.165) is 29.1 Å². The summed E-state index contributed by atoms with van der Waals surface area (Å²) in [4.78, 5) is 2.63. The van der Waals surface area contributed by atoms with Crippen LogP contribution in [0.1, 0.15) is 16.7 Å². The maximum atomic E-state index is 5.70. The van der Waals surface area contributed by atoms with Crippen molar-refractivity contribution in [3.63, 3.8) is 0 Å². The molecule has 0 amide bonds. The van der Waals surface area contributed by atoms with Gasteiger partial charge in [0.1, 0.15) is 10.7 Å². The zero-order valence-electron chi connectivity index (χ0n) is 12.6. The highest BCUT2D eigenvalue weighted by Gasteiger charge is 2.06. The van der Waals surface area contributed by atoms with Crippen molar-refractivity contribution in [1.82, 2.24) is 0 Å². The first-order chi connectivity index (χ1) is 10.0. The number of hydrogen-bond acceptors (Lipinski definition) is 3. The molecule has 0 bridgehead atoms.